The molecule has 0 bridgehead atoms. The Morgan fingerprint density at radius 2 is 1.82 bits per heavy atom. The molecular weight excluding hydrogens is 340 g/mol. The average molecular weight is 387 g/mol. The first-order chi connectivity index (χ1) is 13.3. The van der Waals surface area contributed by atoms with Crippen LogP contribution in [0.1, 0.15) is 105 Å². The zero-order chi connectivity index (χ0) is 20.1. The van der Waals surface area contributed by atoms with Crippen LogP contribution in [0.5, 0.6) is 0 Å². The molecule has 3 saturated carbocycles. The minimum Gasteiger partial charge on any atom is -0.393 e. The van der Waals surface area contributed by atoms with E-state index in [9.17, 15) is 5.11 Å². The maximum atomic E-state index is 10.2. The van der Waals surface area contributed by atoms with Crippen LogP contribution in [0.3, 0.4) is 0 Å². The van der Waals surface area contributed by atoms with E-state index in [2.05, 4.69) is 40.7 Å². The highest BCUT2D eigenvalue weighted by Crippen LogP contribution is 2.67. The zero-order valence-corrected chi connectivity index (χ0v) is 19.3. The van der Waals surface area contributed by atoms with E-state index < -0.39 is 0 Å². The third-order valence-corrected chi connectivity index (χ3v) is 10.2. The number of rotatable bonds is 5. The largest absolute Gasteiger partial charge is 0.393 e. The van der Waals surface area contributed by atoms with Gasteiger partial charge in [0.05, 0.1) is 6.10 Å². The molecule has 1 heteroatoms. The first-order valence-corrected chi connectivity index (χ1v) is 12.6. The Hall–Kier alpha value is -0.300. The van der Waals surface area contributed by atoms with Crippen molar-refractivity contribution in [2.75, 3.05) is 0 Å². The standard InChI is InChI=1S/C27H46O/c1-18(2)7-6-8-19(3)22-14-16-27(5)23(22)11-12-24-25(27)10-9-20-17-21(28)13-15-26(20,24)4/h10,18-24,28H,6-9,11-17H2,1-5H3. The summed E-state index contributed by atoms with van der Waals surface area (Å²) in [4.78, 5) is 0. The predicted octanol–water partition coefficient (Wildman–Crippen LogP) is 7.39. The fraction of sp³-hybridized carbons (Fsp3) is 0.926. The topological polar surface area (TPSA) is 20.2 Å². The van der Waals surface area contributed by atoms with Gasteiger partial charge in [0.2, 0.25) is 0 Å². The highest BCUT2D eigenvalue weighted by Gasteiger charge is 2.58. The van der Waals surface area contributed by atoms with Crippen LogP contribution < -0.4 is 0 Å². The van der Waals surface area contributed by atoms with Crippen molar-refractivity contribution in [2.45, 2.75) is 111 Å². The Morgan fingerprint density at radius 3 is 2.57 bits per heavy atom. The van der Waals surface area contributed by atoms with Crippen molar-refractivity contribution in [1.82, 2.24) is 0 Å². The van der Waals surface area contributed by atoms with Crippen LogP contribution in [0.25, 0.3) is 0 Å². The van der Waals surface area contributed by atoms with Gasteiger partial charge in [-0.05, 0) is 97.7 Å². The van der Waals surface area contributed by atoms with E-state index in [-0.39, 0.29) is 6.10 Å². The van der Waals surface area contributed by atoms with Crippen molar-refractivity contribution in [3.63, 3.8) is 0 Å². The highest BCUT2D eigenvalue weighted by molar-refractivity contribution is 5.30. The number of aliphatic hydroxyl groups is 1. The molecule has 0 radical (unpaired) electrons. The maximum absolute atomic E-state index is 10.2. The molecule has 0 aromatic carbocycles. The number of hydrogen-bond acceptors (Lipinski definition) is 1. The van der Waals surface area contributed by atoms with E-state index >= 15 is 0 Å². The van der Waals surface area contributed by atoms with Crippen LogP contribution >= 0.6 is 0 Å². The summed E-state index contributed by atoms with van der Waals surface area (Å²) >= 11 is 0. The smallest absolute Gasteiger partial charge is 0.0543 e. The molecule has 8 atom stereocenters. The van der Waals surface area contributed by atoms with Crippen LogP contribution in [0.4, 0.5) is 0 Å². The van der Waals surface area contributed by atoms with Crippen molar-refractivity contribution >= 4 is 0 Å². The minimum atomic E-state index is -0.0394. The van der Waals surface area contributed by atoms with Crippen LogP contribution in [0.2, 0.25) is 0 Å². The van der Waals surface area contributed by atoms with Crippen molar-refractivity contribution in [1.29, 1.82) is 0 Å². The molecule has 0 aromatic rings. The van der Waals surface area contributed by atoms with Gasteiger partial charge >= 0.3 is 0 Å². The highest BCUT2D eigenvalue weighted by atomic mass is 16.3. The fourth-order valence-electron chi connectivity index (χ4n) is 8.41. The number of hydrogen-bond donors (Lipinski definition) is 1. The summed E-state index contributed by atoms with van der Waals surface area (Å²) < 4.78 is 0. The second-order valence-electron chi connectivity index (χ2n) is 12.2. The van der Waals surface area contributed by atoms with E-state index in [4.69, 9.17) is 0 Å². The summed E-state index contributed by atoms with van der Waals surface area (Å²) in [7, 11) is 0. The first kappa shape index (κ1) is 21.0. The maximum Gasteiger partial charge on any atom is 0.0543 e. The lowest BCUT2D eigenvalue weighted by Gasteiger charge is -2.58. The average Bonchev–Trinajstić information content (AvgIpc) is 2.99. The third kappa shape index (κ3) is 3.42. The minimum absolute atomic E-state index is 0.0394. The van der Waals surface area contributed by atoms with Gasteiger partial charge in [0.15, 0.2) is 0 Å². The molecule has 3 fully saturated rings. The molecule has 4 aliphatic carbocycles. The molecule has 1 N–H and O–H groups in total. The van der Waals surface area contributed by atoms with Crippen molar-refractivity contribution < 1.29 is 5.11 Å². The fourth-order valence-corrected chi connectivity index (χ4v) is 8.41. The van der Waals surface area contributed by atoms with Gasteiger partial charge in [-0.25, -0.2) is 0 Å². The molecule has 0 aliphatic heterocycles. The Balaban J connectivity index is 1.50. The molecule has 0 amide bonds. The van der Waals surface area contributed by atoms with Crippen LogP contribution in [0.15, 0.2) is 11.6 Å². The van der Waals surface area contributed by atoms with Gasteiger partial charge in [0.1, 0.15) is 0 Å². The van der Waals surface area contributed by atoms with Gasteiger partial charge in [0, 0.05) is 0 Å². The lowest BCUT2D eigenvalue weighted by molar-refractivity contribution is -0.0401. The Morgan fingerprint density at radius 1 is 1.04 bits per heavy atom. The van der Waals surface area contributed by atoms with E-state index in [1.807, 2.05) is 5.57 Å². The van der Waals surface area contributed by atoms with E-state index in [1.54, 1.807) is 0 Å². The number of aliphatic hydroxyl groups excluding tert-OH is 1. The Labute approximate surface area is 174 Å². The summed E-state index contributed by atoms with van der Waals surface area (Å²) in [5.41, 5.74) is 2.80. The molecule has 8 unspecified atom stereocenters. The normalized spacial score (nSPS) is 46.5. The van der Waals surface area contributed by atoms with Gasteiger partial charge in [-0.1, -0.05) is 65.5 Å². The second kappa shape index (κ2) is 7.75. The summed E-state index contributed by atoms with van der Waals surface area (Å²) in [5.74, 6) is 5.16. The molecule has 4 aliphatic rings. The second-order valence-corrected chi connectivity index (χ2v) is 12.2. The van der Waals surface area contributed by atoms with Gasteiger partial charge in [-0.2, -0.15) is 0 Å². The Kier molecular flexibility index (Phi) is 5.80. The molecule has 0 saturated heterocycles. The summed E-state index contributed by atoms with van der Waals surface area (Å²) in [6.45, 7) is 12.5. The van der Waals surface area contributed by atoms with Crippen molar-refractivity contribution in [3.8, 4) is 0 Å². The van der Waals surface area contributed by atoms with Crippen molar-refractivity contribution in [2.24, 2.45) is 46.3 Å². The van der Waals surface area contributed by atoms with Crippen LogP contribution in [0, 0.1) is 46.3 Å². The van der Waals surface area contributed by atoms with Crippen LogP contribution in [-0.2, 0) is 0 Å². The SMILES string of the molecule is CC(C)CCCC(C)C1CCC2(C)C3=CCC4CC(O)CCC4(C)C3CCC12. The van der Waals surface area contributed by atoms with Crippen molar-refractivity contribution in [3.05, 3.63) is 11.6 Å². The Bertz CT molecular complexity index is 591. The lowest BCUT2D eigenvalue weighted by atomic mass is 9.47. The molecule has 0 spiro atoms. The monoisotopic (exact) mass is 386 g/mol. The van der Waals surface area contributed by atoms with Crippen LogP contribution in [-0.4, -0.2) is 11.2 Å². The van der Waals surface area contributed by atoms with Gasteiger partial charge in [-0.15, -0.1) is 0 Å². The first-order valence-electron chi connectivity index (χ1n) is 12.6. The molecule has 0 heterocycles. The predicted molar refractivity (Wildman–Crippen MR) is 119 cm³/mol. The van der Waals surface area contributed by atoms with Gasteiger partial charge < -0.3 is 5.11 Å². The third-order valence-electron chi connectivity index (χ3n) is 10.2. The lowest BCUT2D eigenvalue weighted by Crippen LogP contribution is -2.50. The molecule has 4 rings (SSSR count). The number of fused-ring (bicyclic) bond motifs is 5. The summed E-state index contributed by atoms with van der Waals surface area (Å²) in [6.07, 6.45) is 17.3. The van der Waals surface area contributed by atoms with Gasteiger partial charge in [-0.3, -0.25) is 0 Å². The van der Waals surface area contributed by atoms with Gasteiger partial charge in [0.25, 0.3) is 0 Å². The summed E-state index contributed by atoms with van der Waals surface area (Å²) in [5, 5.41) is 10.2. The summed E-state index contributed by atoms with van der Waals surface area (Å²) in [6, 6.07) is 0. The molecule has 0 aromatic heterocycles. The number of allylic oxidation sites excluding steroid dienone is 2. The van der Waals surface area contributed by atoms with E-state index in [0.717, 1.165) is 48.3 Å². The molecule has 28 heavy (non-hydrogen) atoms. The quantitative estimate of drug-likeness (QED) is 0.488. The van der Waals surface area contributed by atoms with E-state index in [0.29, 0.717) is 10.8 Å². The zero-order valence-electron chi connectivity index (χ0n) is 19.3. The molecule has 1 nitrogen and oxygen atoms in total. The molecule has 160 valence electrons. The van der Waals surface area contributed by atoms with E-state index in [1.165, 1.54) is 57.8 Å². The molecular formula is C27H46O.